The Kier molecular flexibility index (Phi) is 1.63. The molecule has 2 N–H and O–H groups in total. The van der Waals surface area contributed by atoms with Crippen molar-refractivity contribution >= 4 is 17.5 Å². The van der Waals surface area contributed by atoms with Gasteiger partial charge < -0.3 is 5.73 Å². The number of nitrogens with two attached hydrogens (primary N) is 1. The van der Waals surface area contributed by atoms with E-state index in [0.29, 0.717) is 0 Å². The Morgan fingerprint density at radius 1 is 1.90 bits per heavy atom. The monoisotopic (exact) mass is 159 g/mol. The molecule has 0 fully saturated rings. The fourth-order valence-corrected chi connectivity index (χ4v) is 0.899. The maximum Gasteiger partial charge on any atom is 0.270 e. The summed E-state index contributed by atoms with van der Waals surface area (Å²) in [5, 5.41) is 4.01. The van der Waals surface area contributed by atoms with Gasteiger partial charge in [-0.05, 0) is 0 Å². The summed E-state index contributed by atoms with van der Waals surface area (Å²) in [6.07, 6.45) is 1.52. The van der Waals surface area contributed by atoms with E-state index in [4.69, 9.17) is 17.3 Å². The van der Waals surface area contributed by atoms with Crippen LogP contribution < -0.4 is 5.73 Å². The Morgan fingerprint density at radius 2 is 2.50 bits per heavy atom. The molecule has 1 heterocycles. The first-order valence-electron chi connectivity index (χ1n) is 2.60. The molecule has 0 saturated carbocycles. The van der Waals surface area contributed by atoms with E-state index in [0.717, 1.165) is 0 Å². The summed E-state index contributed by atoms with van der Waals surface area (Å²) in [6, 6.07) is 0. The molecule has 5 heteroatoms. The molecule has 0 aliphatic heterocycles. The molecule has 0 saturated heterocycles. The zero-order chi connectivity index (χ0) is 7.72. The molecule has 0 aromatic carbocycles. The van der Waals surface area contributed by atoms with Crippen LogP contribution in [0.25, 0.3) is 0 Å². The zero-order valence-corrected chi connectivity index (χ0v) is 6.09. The summed E-state index contributed by atoms with van der Waals surface area (Å²) in [6.45, 7) is 0. The van der Waals surface area contributed by atoms with Crippen LogP contribution in [0.5, 0.6) is 0 Å². The number of carbonyl (C=O) groups excluding carboxylic acids is 1. The SMILES string of the molecule is Cn1cc(Cl)c(C(N)=O)n1. The second-order valence-corrected chi connectivity index (χ2v) is 2.27. The number of aryl methyl sites for hydroxylation is 1. The summed E-state index contributed by atoms with van der Waals surface area (Å²) >= 11 is 5.56. The number of nitrogens with zero attached hydrogens (tertiary/aromatic N) is 2. The minimum absolute atomic E-state index is 0.115. The zero-order valence-electron chi connectivity index (χ0n) is 5.34. The highest BCUT2D eigenvalue weighted by Crippen LogP contribution is 2.11. The van der Waals surface area contributed by atoms with E-state index in [2.05, 4.69) is 5.10 Å². The number of primary amides is 1. The number of aromatic nitrogens is 2. The molecule has 0 aliphatic carbocycles. The molecule has 54 valence electrons. The van der Waals surface area contributed by atoms with Gasteiger partial charge in [0.15, 0.2) is 5.69 Å². The number of amides is 1. The van der Waals surface area contributed by atoms with Gasteiger partial charge in [-0.25, -0.2) is 0 Å². The molecule has 0 radical (unpaired) electrons. The van der Waals surface area contributed by atoms with Crippen LogP contribution in [0.2, 0.25) is 5.02 Å². The lowest BCUT2D eigenvalue weighted by atomic mass is 10.4. The maximum atomic E-state index is 10.5. The van der Waals surface area contributed by atoms with Gasteiger partial charge in [-0.15, -0.1) is 0 Å². The molecule has 0 atom stereocenters. The minimum atomic E-state index is -0.606. The van der Waals surface area contributed by atoms with Crippen LogP contribution in [0.4, 0.5) is 0 Å². The van der Waals surface area contributed by atoms with Gasteiger partial charge in [-0.3, -0.25) is 9.48 Å². The molecule has 0 unspecified atom stereocenters. The van der Waals surface area contributed by atoms with Crippen LogP contribution in [-0.4, -0.2) is 15.7 Å². The second kappa shape index (κ2) is 2.30. The van der Waals surface area contributed by atoms with Crippen molar-refractivity contribution in [1.29, 1.82) is 0 Å². The van der Waals surface area contributed by atoms with Crippen LogP contribution in [0.15, 0.2) is 6.20 Å². The highest BCUT2D eigenvalue weighted by atomic mass is 35.5. The first-order valence-corrected chi connectivity index (χ1v) is 2.98. The van der Waals surface area contributed by atoms with Crippen molar-refractivity contribution in [3.05, 3.63) is 16.9 Å². The fraction of sp³-hybridized carbons (Fsp3) is 0.200. The second-order valence-electron chi connectivity index (χ2n) is 1.86. The Balaban J connectivity index is 3.15. The maximum absolute atomic E-state index is 10.5. The van der Waals surface area contributed by atoms with Gasteiger partial charge in [-0.1, -0.05) is 11.6 Å². The van der Waals surface area contributed by atoms with Gasteiger partial charge in [0.2, 0.25) is 0 Å². The fourth-order valence-electron chi connectivity index (χ4n) is 0.627. The van der Waals surface area contributed by atoms with Crippen molar-refractivity contribution in [2.24, 2.45) is 12.8 Å². The van der Waals surface area contributed by atoms with E-state index in [-0.39, 0.29) is 10.7 Å². The quantitative estimate of drug-likeness (QED) is 0.635. The van der Waals surface area contributed by atoms with E-state index in [1.807, 2.05) is 0 Å². The van der Waals surface area contributed by atoms with Crippen molar-refractivity contribution in [2.75, 3.05) is 0 Å². The molecule has 10 heavy (non-hydrogen) atoms. The minimum Gasteiger partial charge on any atom is -0.364 e. The standard InChI is InChI=1S/C5H6ClN3O/c1-9-2-3(6)4(8-9)5(7)10/h2H,1H3,(H2,7,10). The number of rotatable bonds is 1. The first-order chi connectivity index (χ1) is 4.61. The predicted molar refractivity (Wildman–Crippen MR) is 36.7 cm³/mol. The molecule has 1 amide bonds. The predicted octanol–water partition coefficient (Wildman–Crippen LogP) is 0.172. The number of carbonyl (C=O) groups is 1. The highest BCUT2D eigenvalue weighted by Gasteiger charge is 2.09. The highest BCUT2D eigenvalue weighted by molar-refractivity contribution is 6.33. The van der Waals surface area contributed by atoms with Crippen molar-refractivity contribution in [2.45, 2.75) is 0 Å². The third-order valence-electron chi connectivity index (χ3n) is 1.02. The van der Waals surface area contributed by atoms with E-state index >= 15 is 0 Å². The molecule has 1 aromatic rings. The lowest BCUT2D eigenvalue weighted by Gasteiger charge is -1.85. The van der Waals surface area contributed by atoms with Gasteiger partial charge in [0, 0.05) is 13.2 Å². The van der Waals surface area contributed by atoms with E-state index < -0.39 is 5.91 Å². The third kappa shape index (κ3) is 1.11. The molecule has 1 rings (SSSR count). The van der Waals surface area contributed by atoms with Gasteiger partial charge in [-0.2, -0.15) is 5.10 Å². The Hall–Kier alpha value is -1.03. The van der Waals surface area contributed by atoms with Crippen LogP contribution in [0.1, 0.15) is 10.5 Å². The van der Waals surface area contributed by atoms with E-state index in [9.17, 15) is 4.79 Å². The van der Waals surface area contributed by atoms with Crippen molar-refractivity contribution in [1.82, 2.24) is 9.78 Å². The summed E-state index contributed by atoms with van der Waals surface area (Å²) in [4.78, 5) is 10.5. The Bertz CT molecular complexity index is 268. The Morgan fingerprint density at radius 3 is 2.70 bits per heavy atom. The van der Waals surface area contributed by atoms with Gasteiger partial charge in [0.05, 0.1) is 5.02 Å². The third-order valence-corrected chi connectivity index (χ3v) is 1.29. The summed E-state index contributed by atoms with van der Waals surface area (Å²) < 4.78 is 1.43. The first kappa shape index (κ1) is 7.08. The van der Waals surface area contributed by atoms with Crippen LogP contribution in [0, 0.1) is 0 Å². The summed E-state index contributed by atoms with van der Waals surface area (Å²) in [5.74, 6) is -0.606. The normalized spacial score (nSPS) is 9.80. The molecule has 0 spiro atoms. The van der Waals surface area contributed by atoms with E-state index in [1.54, 1.807) is 7.05 Å². The van der Waals surface area contributed by atoms with Gasteiger partial charge >= 0.3 is 0 Å². The molecule has 0 bridgehead atoms. The topological polar surface area (TPSA) is 60.9 Å². The largest absolute Gasteiger partial charge is 0.364 e. The lowest BCUT2D eigenvalue weighted by molar-refractivity contribution is 0.0995. The van der Waals surface area contributed by atoms with Crippen LogP contribution in [-0.2, 0) is 7.05 Å². The van der Waals surface area contributed by atoms with Crippen LogP contribution in [0.3, 0.4) is 0 Å². The average Bonchev–Trinajstić information content (AvgIpc) is 2.10. The lowest BCUT2D eigenvalue weighted by Crippen LogP contribution is -2.12. The molecule has 0 aliphatic rings. The van der Waals surface area contributed by atoms with Gasteiger partial charge in [0.25, 0.3) is 5.91 Å². The van der Waals surface area contributed by atoms with E-state index in [1.165, 1.54) is 10.9 Å². The molecular formula is C5H6ClN3O. The van der Waals surface area contributed by atoms with Crippen molar-refractivity contribution in [3.8, 4) is 0 Å². The van der Waals surface area contributed by atoms with Crippen molar-refractivity contribution < 1.29 is 4.79 Å². The van der Waals surface area contributed by atoms with Crippen LogP contribution >= 0.6 is 11.6 Å². The van der Waals surface area contributed by atoms with Gasteiger partial charge in [0.1, 0.15) is 0 Å². The summed E-state index contributed by atoms with van der Waals surface area (Å²) in [5.41, 5.74) is 5.04. The van der Waals surface area contributed by atoms with Crippen molar-refractivity contribution in [3.63, 3.8) is 0 Å². The summed E-state index contributed by atoms with van der Waals surface area (Å²) in [7, 11) is 1.66. The number of halogens is 1. The molecule has 1 aromatic heterocycles. The number of hydrogen-bond acceptors (Lipinski definition) is 2. The average molecular weight is 160 g/mol. The smallest absolute Gasteiger partial charge is 0.270 e. The number of hydrogen-bond donors (Lipinski definition) is 1. The molecular weight excluding hydrogens is 154 g/mol. The molecule has 4 nitrogen and oxygen atoms in total. The Labute approximate surface area is 62.6 Å².